The van der Waals surface area contributed by atoms with Crippen LogP contribution in [0.25, 0.3) is 11.0 Å². The summed E-state index contributed by atoms with van der Waals surface area (Å²) in [4.78, 5) is 17.3. The summed E-state index contributed by atoms with van der Waals surface area (Å²) in [5.41, 5.74) is 1.80. The lowest BCUT2D eigenvalue weighted by Gasteiger charge is -2.63. The molecule has 0 spiro atoms. The molecule has 0 radical (unpaired) electrons. The molecule has 0 bridgehead atoms. The van der Waals surface area contributed by atoms with Crippen LogP contribution in [0.2, 0.25) is 0 Å². The third-order valence-electron chi connectivity index (χ3n) is 12.6. The molecule has 12 atom stereocenters. The number of carbonyl (C=O) groups excluding carboxylic acids is 1. The molecule has 0 saturated heterocycles. The average molecular weight is 567 g/mol. The van der Waals surface area contributed by atoms with E-state index in [0.717, 1.165) is 62.4 Å². The molecule has 6 rings (SSSR count). The van der Waals surface area contributed by atoms with Crippen molar-refractivity contribution in [3.8, 4) is 0 Å². The Kier molecular flexibility index (Phi) is 7.78. The van der Waals surface area contributed by atoms with Crippen molar-refractivity contribution >= 4 is 17.0 Å². The van der Waals surface area contributed by atoms with E-state index in [9.17, 15) is 20.1 Å². The lowest BCUT2D eigenvalue weighted by Crippen LogP contribution is -2.62. The van der Waals surface area contributed by atoms with Gasteiger partial charge in [-0.15, -0.1) is 0 Å². The Balaban J connectivity index is 1.08. The number of benzene rings is 1. The molecule has 2 aromatic rings. The fourth-order valence-electron chi connectivity index (χ4n) is 10.4. The monoisotopic (exact) mass is 566 g/mol. The molecule has 12 unspecified atom stereocenters. The van der Waals surface area contributed by atoms with Gasteiger partial charge in [0, 0.05) is 6.42 Å². The number of rotatable bonds is 7. The zero-order chi connectivity index (χ0) is 29.1. The summed E-state index contributed by atoms with van der Waals surface area (Å²) in [7, 11) is 0. The lowest BCUT2D eigenvalue weighted by atomic mass is 9.43. The Hall–Kier alpha value is -1.96. The maximum absolute atomic E-state index is 12.9. The number of aliphatic hydroxyl groups is 3. The van der Waals surface area contributed by atoms with E-state index in [2.05, 4.69) is 25.8 Å². The van der Waals surface area contributed by atoms with Gasteiger partial charge in [-0.3, -0.25) is 4.79 Å². The molecule has 0 aliphatic heterocycles. The van der Waals surface area contributed by atoms with Crippen molar-refractivity contribution in [3.63, 3.8) is 0 Å². The average Bonchev–Trinajstić information content (AvgIpc) is 3.50. The molecule has 4 saturated carbocycles. The molecule has 7 heteroatoms. The highest BCUT2D eigenvalue weighted by atomic mass is 16.5. The van der Waals surface area contributed by atoms with Crippen LogP contribution in [-0.4, -0.2) is 55.3 Å². The number of fused-ring (bicyclic) bond motifs is 6. The van der Waals surface area contributed by atoms with Gasteiger partial charge >= 0.3 is 5.97 Å². The van der Waals surface area contributed by atoms with Gasteiger partial charge in [0.2, 0.25) is 0 Å². The van der Waals surface area contributed by atoms with Gasteiger partial charge in [0.15, 0.2) is 0 Å². The molecule has 1 heterocycles. The van der Waals surface area contributed by atoms with Crippen molar-refractivity contribution in [3.05, 3.63) is 30.6 Å². The molecule has 4 aliphatic rings. The van der Waals surface area contributed by atoms with E-state index in [1.165, 1.54) is 0 Å². The van der Waals surface area contributed by atoms with E-state index in [-0.39, 0.29) is 46.9 Å². The number of hydrogen-bond donors (Lipinski definition) is 3. The molecular weight excluding hydrogens is 516 g/mol. The number of hydrogen-bond acceptors (Lipinski definition) is 6. The topological polar surface area (TPSA) is 105 Å². The predicted octanol–water partition coefficient (Wildman–Crippen LogP) is 5.35. The second-order valence-corrected chi connectivity index (χ2v) is 14.7. The first-order chi connectivity index (χ1) is 19.5. The normalized spacial score (nSPS) is 41.7. The minimum Gasteiger partial charge on any atom is -0.461 e. The smallest absolute Gasteiger partial charge is 0.306 e. The molecule has 0 amide bonds. The van der Waals surface area contributed by atoms with Gasteiger partial charge in [-0.1, -0.05) is 32.9 Å². The van der Waals surface area contributed by atoms with Gasteiger partial charge in [-0.25, -0.2) is 4.98 Å². The first-order valence-electron chi connectivity index (χ1n) is 16.2. The molecule has 226 valence electrons. The standard InChI is InChI=1S/C34H50N2O5/c1-20(9-12-31(40)41-21(2)18-36-19-35-27-7-5-6-8-28(27)36)24-10-11-25-32-26(17-30(39)34(24,25)4)33(3)14-13-23(37)15-22(33)16-29(32)38/h5-8,19-26,29-30,32,37-39H,9-18H2,1-4H3. The van der Waals surface area contributed by atoms with E-state index >= 15 is 0 Å². The minimum atomic E-state index is -0.407. The van der Waals surface area contributed by atoms with Gasteiger partial charge < -0.3 is 24.6 Å². The summed E-state index contributed by atoms with van der Waals surface area (Å²) >= 11 is 0. The molecule has 7 nitrogen and oxygen atoms in total. The number of carbonyl (C=O) groups is 1. The van der Waals surface area contributed by atoms with Crippen LogP contribution in [0.3, 0.4) is 0 Å². The third-order valence-corrected chi connectivity index (χ3v) is 12.6. The van der Waals surface area contributed by atoms with E-state index in [1.807, 2.05) is 35.8 Å². The van der Waals surface area contributed by atoms with Crippen LogP contribution in [0.15, 0.2) is 30.6 Å². The number of imidazole rings is 1. The Labute approximate surface area is 244 Å². The molecule has 4 aliphatic carbocycles. The SMILES string of the molecule is CC(Cn1cnc2ccccc21)OC(=O)CCC(C)C1CCC2C3C(O)CC4CC(O)CCC4(C)C3CC(O)C12C. The summed E-state index contributed by atoms with van der Waals surface area (Å²) in [6.07, 6.45) is 7.82. The van der Waals surface area contributed by atoms with Crippen LogP contribution in [0, 0.1) is 46.3 Å². The van der Waals surface area contributed by atoms with E-state index in [4.69, 9.17) is 4.74 Å². The van der Waals surface area contributed by atoms with Crippen molar-refractivity contribution < 1.29 is 24.9 Å². The van der Waals surface area contributed by atoms with E-state index in [1.54, 1.807) is 6.33 Å². The minimum absolute atomic E-state index is 0.0819. The van der Waals surface area contributed by atoms with Crippen LogP contribution in [0.5, 0.6) is 0 Å². The molecular formula is C34H50N2O5. The molecule has 3 N–H and O–H groups in total. The van der Waals surface area contributed by atoms with Crippen molar-refractivity contribution in [2.75, 3.05) is 0 Å². The van der Waals surface area contributed by atoms with Crippen LogP contribution in [0.4, 0.5) is 0 Å². The molecule has 1 aromatic carbocycles. The number of para-hydroxylation sites is 2. The largest absolute Gasteiger partial charge is 0.461 e. The zero-order valence-corrected chi connectivity index (χ0v) is 25.3. The summed E-state index contributed by atoms with van der Waals surface area (Å²) in [6.45, 7) is 9.39. The number of ether oxygens (including phenoxy) is 1. The maximum Gasteiger partial charge on any atom is 0.306 e. The number of nitrogens with zero attached hydrogens (tertiary/aromatic N) is 2. The van der Waals surface area contributed by atoms with Crippen molar-refractivity contribution in [2.45, 2.75) is 116 Å². The molecule has 41 heavy (non-hydrogen) atoms. The van der Waals surface area contributed by atoms with Crippen LogP contribution < -0.4 is 0 Å². The first kappa shape index (κ1) is 29.1. The predicted molar refractivity (Wildman–Crippen MR) is 158 cm³/mol. The lowest BCUT2D eigenvalue weighted by molar-refractivity contribution is -0.207. The second-order valence-electron chi connectivity index (χ2n) is 14.7. The van der Waals surface area contributed by atoms with Crippen LogP contribution >= 0.6 is 0 Å². The fourth-order valence-corrected chi connectivity index (χ4v) is 10.4. The maximum atomic E-state index is 12.9. The van der Waals surface area contributed by atoms with Crippen molar-refractivity contribution in [1.82, 2.24) is 9.55 Å². The Morgan fingerprint density at radius 3 is 2.66 bits per heavy atom. The highest BCUT2D eigenvalue weighted by molar-refractivity contribution is 5.75. The molecule has 4 fully saturated rings. The van der Waals surface area contributed by atoms with Crippen LogP contribution in [-0.2, 0) is 16.1 Å². The van der Waals surface area contributed by atoms with Gasteiger partial charge in [-0.2, -0.15) is 0 Å². The number of esters is 1. The Morgan fingerprint density at radius 1 is 1.07 bits per heavy atom. The fraction of sp³-hybridized carbons (Fsp3) is 0.765. The van der Waals surface area contributed by atoms with Gasteiger partial charge in [0.05, 0.1) is 42.2 Å². The van der Waals surface area contributed by atoms with Crippen LogP contribution in [0.1, 0.15) is 85.5 Å². The highest BCUT2D eigenvalue weighted by Crippen LogP contribution is 2.68. The van der Waals surface area contributed by atoms with Gasteiger partial charge in [0.1, 0.15) is 6.10 Å². The second kappa shape index (κ2) is 10.9. The van der Waals surface area contributed by atoms with Crippen molar-refractivity contribution in [2.24, 2.45) is 46.3 Å². The molecule has 1 aromatic heterocycles. The summed E-state index contributed by atoms with van der Waals surface area (Å²) in [6, 6.07) is 7.97. The quantitative estimate of drug-likeness (QED) is 0.391. The summed E-state index contributed by atoms with van der Waals surface area (Å²) < 4.78 is 7.84. The summed E-state index contributed by atoms with van der Waals surface area (Å²) in [5, 5.41) is 33.7. The summed E-state index contributed by atoms with van der Waals surface area (Å²) in [5.74, 6) is 1.56. The number of aliphatic hydroxyl groups excluding tert-OH is 3. The highest BCUT2D eigenvalue weighted by Gasteiger charge is 2.65. The Morgan fingerprint density at radius 2 is 1.85 bits per heavy atom. The van der Waals surface area contributed by atoms with E-state index in [0.29, 0.717) is 36.6 Å². The van der Waals surface area contributed by atoms with Gasteiger partial charge in [-0.05, 0) is 117 Å². The van der Waals surface area contributed by atoms with E-state index < -0.39 is 6.10 Å². The number of aromatic nitrogens is 2. The third kappa shape index (κ3) is 4.94. The van der Waals surface area contributed by atoms with Gasteiger partial charge in [0.25, 0.3) is 0 Å². The Bertz CT molecular complexity index is 1250. The zero-order valence-electron chi connectivity index (χ0n) is 25.3. The first-order valence-corrected chi connectivity index (χ1v) is 16.2. The van der Waals surface area contributed by atoms with Crippen molar-refractivity contribution in [1.29, 1.82) is 0 Å².